The topological polar surface area (TPSA) is 68.0 Å². The third-order valence-corrected chi connectivity index (χ3v) is 2.09. The summed E-state index contributed by atoms with van der Waals surface area (Å²) < 4.78 is 1.37. The smallest absolute Gasteiger partial charge is 0.337 e. The Morgan fingerprint density at radius 1 is 1.47 bits per heavy atom. The molecule has 2 rings (SSSR count). The number of hydrogen-bond donors (Lipinski definition) is 1. The van der Waals surface area contributed by atoms with Crippen LogP contribution in [0.2, 0.25) is 5.02 Å². The van der Waals surface area contributed by atoms with E-state index in [1.807, 2.05) is 0 Å². The second kappa shape index (κ2) is 3.70. The first-order chi connectivity index (χ1) is 7.18. The summed E-state index contributed by atoms with van der Waals surface area (Å²) in [5.41, 5.74) is 0.525. The zero-order valence-corrected chi connectivity index (χ0v) is 8.22. The molecule has 0 aliphatic rings. The van der Waals surface area contributed by atoms with Crippen molar-refractivity contribution in [3.8, 4) is 5.69 Å². The van der Waals surface area contributed by atoms with Crippen LogP contribution in [0.1, 0.15) is 10.4 Å². The van der Waals surface area contributed by atoms with Gasteiger partial charge in [-0.15, -0.1) is 5.10 Å². The quantitative estimate of drug-likeness (QED) is 0.840. The fourth-order valence-corrected chi connectivity index (χ4v) is 1.39. The number of rotatable bonds is 2. The van der Waals surface area contributed by atoms with Crippen LogP contribution in [0.25, 0.3) is 5.69 Å². The van der Waals surface area contributed by atoms with E-state index in [-0.39, 0.29) is 5.56 Å². The highest BCUT2D eigenvalue weighted by molar-refractivity contribution is 6.31. The number of nitrogens with zero attached hydrogens (tertiary/aromatic N) is 3. The highest BCUT2D eigenvalue weighted by Crippen LogP contribution is 2.18. The Morgan fingerprint density at radius 3 is 2.87 bits per heavy atom. The Morgan fingerprint density at radius 2 is 2.27 bits per heavy atom. The van der Waals surface area contributed by atoms with Crippen molar-refractivity contribution in [2.75, 3.05) is 0 Å². The number of halogens is 1. The molecule has 0 spiro atoms. The Hall–Kier alpha value is -1.88. The van der Waals surface area contributed by atoms with E-state index in [0.717, 1.165) is 0 Å². The van der Waals surface area contributed by atoms with Gasteiger partial charge >= 0.3 is 5.97 Å². The number of carboxylic acids is 1. The summed E-state index contributed by atoms with van der Waals surface area (Å²) in [5.74, 6) is -1.05. The number of carbonyl (C=O) groups is 1. The second-order valence-electron chi connectivity index (χ2n) is 2.81. The SMILES string of the molecule is O=C(O)c1cc(Cl)ccc1-n1ccnn1. The molecule has 1 heterocycles. The fourth-order valence-electron chi connectivity index (χ4n) is 1.22. The molecule has 6 heteroatoms. The monoisotopic (exact) mass is 223 g/mol. The van der Waals surface area contributed by atoms with Gasteiger partial charge in [-0.05, 0) is 18.2 Å². The zero-order valence-electron chi connectivity index (χ0n) is 7.46. The van der Waals surface area contributed by atoms with E-state index >= 15 is 0 Å². The van der Waals surface area contributed by atoms with Crippen LogP contribution in [-0.4, -0.2) is 26.1 Å². The van der Waals surface area contributed by atoms with Crippen molar-refractivity contribution >= 4 is 17.6 Å². The average molecular weight is 224 g/mol. The standard InChI is InChI=1S/C9H6ClN3O2/c10-6-1-2-8(7(5-6)9(14)15)13-4-3-11-12-13/h1-5H,(H,14,15). The molecule has 1 aromatic carbocycles. The highest BCUT2D eigenvalue weighted by Gasteiger charge is 2.12. The van der Waals surface area contributed by atoms with Crippen LogP contribution >= 0.6 is 11.6 Å². The lowest BCUT2D eigenvalue weighted by Crippen LogP contribution is -2.05. The first-order valence-electron chi connectivity index (χ1n) is 4.08. The van der Waals surface area contributed by atoms with Gasteiger partial charge in [0.05, 0.1) is 23.6 Å². The lowest BCUT2D eigenvalue weighted by molar-refractivity contribution is 0.0696. The lowest BCUT2D eigenvalue weighted by atomic mass is 10.2. The van der Waals surface area contributed by atoms with Crippen molar-refractivity contribution in [2.24, 2.45) is 0 Å². The van der Waals surface area contributed by atoms with Crippen molar-refractivity contribution in [3.63, 3.8) is 0 Å². The maximum Gasteiger partial charge on any atom is 0.337 e. The van der Waals surface area contributed by atoms with Crippen molar-refractivity contribution in [2.45, 2.75) is 0 Å². The van der Waals surface area contributed by atoms with Gasteiger partial charge in [0.15, 0.2) is 0 Å². The molecule has 2 aromatic rings. The third-order valence-electron chi connectivity index (χ3n) is 1.86. The molecule has 5 nitrogen and oxygen atoms in total. The molecule has 0 atom stereocenters. The van der Waals surface area contributed by atoms with E-state index in [9.17, 15) is 4.79 Å². The van der Waals surface area contributed by atoms with Gasteiger partial charge < -0.3 is 5.11 Å². The van der Waals surface area contributed by atoms with E-state index < -0.39 is 5.97 Å². The van der Waals surface area contributed by atoms with E-state index in [2.05, 4.69) is 10.3 Å². The van der Waals surface area contributed by atoms with Crippen LogP contribution in [0.5, 0.6) is 0 Å². The van der Waals surface area contributed by atoms with Crippen molar-refractivity contribution in [3.05, 3.63) is 41.2 Å². The van der Waals surface area contributed by atoms with Crippen LogP contribution in [0.4, 0.5) is 0 Å². The van der Waals surface area contributed by atoms with Gasteiger partial charge in [-0.2, -0.15) is 0 Å². The molecule has 0 unspecified atom stereocenters. The van der Waals surface area contributed by atoms with Gasteiger partial charge in [-0.25, -0.2) is 9.48 Å². The maximum absolute atomic E-state index is 10.9. The first-order valence-corrected chi connectivity index (χ1v) is 4.46. The van der Waals surface area contributed by atoms with Crippen molar-refractivity contribution < 1.29 is 9.90 Å². The number of aromatic nitrogens is 3. The van der Waals surface area contributed by atoms with Crippen LogP contribution in [0.15, 0.2) is 30.6 Å². The summed E-state index contributed by atoms with van der Waals surface area (Å²) in [5, 5.41) is 16.7. The van der Waals surface area contributed by atoms with Crippen molar-refractivity contribution in [1.82, 2.24) is 15.0 Å². The normalized spacial score (nSPS) is 10.2. The average Bonchev–Trinajstić information content (AvgIpc) is 2.70. The minimum atomic E-state index is -1.05. The third kappa shape index (κ3) is 1.82. The summed E-state index contributed by atoms with van der Waals surface area (Å²) in [6, 6.07) is 4.56. The number of hydrogen-bond acceptors (Lipinski definition) is 3. The largest absolute Gasteiger partial charge is 0.478 e. The predicted octanol–water partition coefficient (Wildman–Crippen LogP) is 1.62. The highest BCUT2D eigenvalue weighted by atomic mass is 35.5. The summed E-state index contributed by atoms with van der Waals surface area (Å²) >= 11 is 5.71. The van der Waals surface area contributed by atoms with Gasteiger partial charge in [0.1, 0.15) is 0 Å². The summed E-state index contributed by atoms with van der Waals surface area (Å²) in [4.78, 5) is 10.9. The minimum absolute atomic E-state index is 0.0907. The molecule has 15 heavy (non-hydrogen) atoms. The summed E-state index contributed by atoms with van der Waals surface area (Å²) in [6.45, 7) is 0. The maximum atomic E-state index is 10.9. The Balaban J connectivity index is 2.61. The summed E-state index contributed by atoms with van der Waals surface area (Å²) in [6.07, 6.45) is 3.04. The van der Waals surface area contributed by atoms with E-state index in [4.69, 9.17) is 16.7 Å². The molecular weight excluding hydrogens is 218 g/mol. The number of carboxylic acid groups (broad SMARTS) is 1. The molecule has 76 valence electrons. The Labute approximate surface area is 89.9 Å². The molecule has 0 radical (unpaired) electrons. The second-order valence-corrected chi connectivity index (χ2v) is 3.25. The molecule has 1 N–H and O–H groups in total. The molecule has 0 saturated heterocycles. The zero-order chi connectivity index (χ0) is 10.8. The van der Waals surface area contributed by atoms with Crippen molar-refractivity contribution in [1.29, 1.82) is 0 Å². The molecule has 0 fully saturated rings. The first kappa shape index (κ1) is 9.67. The Bertz CT molecular complexity index is 496. The molecule has 0 aliphatic carbocycles. The van der Waals surface area contributed by atoms with Gasteiger partial charge in [-0.1, -0.05) is 16.8 Å². The van der Waals surface area contributed by atoms with Gasteiger partial charge in [0, 0.05) is 5.02 Å². The van der Waals surface area contributed by atoms with Crippen LogP contribution < -0.4 is 0 Å². The van der Waals surface area contributed by atoms with Gasteiger partial charge in [0.2, 0.25) is 0 Å². The predicted molar refractivity (Wildman–Crippen MR) is 53.3 cm³/mol. The van der Waals surface area contributed by atoms with E-state index in [1.165, 1.54) is 16.9 Å². The van der Waals surface area contributed by atoms with Crippen LogP contribution in [-0.2, 0) is 0 Å². The lowest BCUT2D eigenvalue weighted by Gasteiger charge is -2.04. The molecule has 1 aromatic heterocycles. The Kier molecular flexibility index (Phi) is 2.39. The fraction of sp³-hybridized carbons (Fsp3) is 0. The summed E-state index contributed by atoms with van der Waals surface area (Å²) in [7, 11) is 0. The number of benzene rings is 1. The van der Waals surface area contributed by atoms with Gasteiger partial charge in [0.25, 0.3) is 0 Å². The molecular formula is C9H6ClN3O2. The molecule has 0 bridgehead atoms. The minimum Gasteiger partial charge on any atom is -0.478 e. The number of aromatic carboxylic acids is 1. The van der Waals surface area contributed by atoms with Crippen LogP contribution in [0.3, 0.4) is 0 Å². The molecule has 0 aliphatic heterocycles. The van der Waals surface area contributed by atoms with E-state index in [0.29, 0.717) is 10.7 Å². The molecule has 0 amide bonds. The van der Waals surface area contributed by atoms with Crippen LogP contribution in [0, 0.1) is 0 Å². The van der Waals surface area contributed by atoms with E-state index in [1.54, 1.807) is 18.3 Å². The van der Waals surface area contributed by atoms with Gasteiger partial charge in [-0.3, -0.25) is 0 Å². The molecule has 0 saturated carbocycles.